The number of carbonyl (C=O) groups is 4. The topological polar surface area (TPSA) is 148 Å². The smallest absolute Gasteiger partial charge is 0.409 e. The van der Waals surface area contributed by atoms with Crippen molar-refractivity contribution in [1.29, 1.82) is 0 Å². The number of carboxylic acid groups (broad SMARTS) is 1. The summed E-state index contributed by atoms with van der Waals surface area (Å²) in [6, 6.07) is 11.6. The minimum absolute atomic E-state index is 0.0520. The van der Waals surface area contributed by atoms with Gasteiger partial charge in [0.1, 0.15) is 23.6 Å². The average Bonchev–Trinajstić information content (AvgIpc) is 3.03. The number of unbranched alkanes of at least 4 members (excludes halogenated alkanes) is 1. The van der Waals surface area contributed by atoms with Gasteiger partial charge in [-0.15, -0.1) is 0 Å². The molecule has 12 heteroatoms. The Morgan fingerprint density at radius 2 is 1.74 bits per heavy atom. The van der Waals surface area contributed by atoms with Gasteiger partial charge >= 0.3 is 12.1 Å². The monoisotopic (exact) mass is 596 g/mol. The van der Waals surface area contributed by atoms with Gasteiger partial charge in [0, 0.05) is 63.1 Å². The first-order chi connectivity index (χ1) is 20.8. The summed E-state index contributed by atoms with van der Waals surface area (Å²) in [7, 11) is 0. The van der Waals surface area contributed by atoms with E-state index < -0.39 is 29.9 Å². The molecule has 2 aliphatic heterocycles. The van der Waals surface area contributed by atoms with E-state index in [-0.39, 0.29) is 50.8 Å². The van der Waals surface area contributed by atoms with Crippen LogP contribution >= 0.6 is 0 Å². The second kappa shape index (κ2) is 15.9. The predicted octanol–water partition coefficient (Wildman–Crippen LogP) is 3.35. The summed E-state index contributed by atoms with van der Waals surface area (Å²) in [5.41, 5.74) is 1.38. The average molecular weight is 597 g/mol. The molecule has 0 spiro atoms. The number of ether oxygens (including phenoxy) is 3. The molecule has 1 atom stereocenters. The fourth-order valence-corrected chi connectivity index (χ4v) is 4.92. The molecule has 0 aliphatic carbocycles. The zero-order chi connectivity index (χ0) is 30.6. The van der Waals surface area contributed by atoms with Gasteiger partial charge in [-0.25, -0.2) is 9.78 Å². The number of hydrogen-bond acceptors (Lipinski definition) is 8. The van der Waals surface area contributed by atoms with Gasteiger partial charge in [-0.05, 0) is 12.8 Å². The maximum Gasteiger partial charge on any atom is 0.409 e. The molecule has 0 bridgehead atoms. The van der Waals surface area contributed by atoms with Crippen LogP contribution in [0, 0.1) is 0 Å². The summed E-state index contributed by atoms with van der Waals surface area (Å²) in [5.74, 6) is -1.63. The van der Waals surface area contributed by atoms with E-state index in [2.05, 4.69) is 10.3 Å². The number of amides is 3. The van der Waals surface area contributed by atoms with Crippen molar-refractivity contribution in [3.63, 3.8) is 0 Å². The lowest BCUT2D eigenvalue weighted by atomic mass is 10.1. The van der Waals surface area contributed by atoms with Crippen LogP contribution in [-0.4, -0.2) is 102 Å². The van der Waals surface area contributed by atoms with Crippen molar-refractivity contribution in [2.24, 2.45) is 0 Å². The van der Waals surface area contributed by atoms with Gasteiger partial charge in [0.05, 0.1) is 25.5 Å². The molecule has 2 saturated heterocycles. The summed E-state index contributed by atoms with van der Waals surface area (Å²) >= 11 is 0. The van der Waals surface area contributed by atoms with Gasteiger partial charge in [-0.1, -0.05) is 43.7 Å². The molecule has 0 saturated carbocycles. The zero-order valence-corrected chi connectivity index (χ0v) is 24.5. The molecule has 2 fully saturated rings. The minimum Gasteiger partial charge on any atom is -0.490 e. The number of pyridine rings is 1. The van der Waals surface area contributed by atoms with Crippen molar-refractivity contribution in [1.82, 2.24) is 20.1 Å². The normalized spacial score (nSPS) is 16.3. The highest BCUT2D eigenvalue weighted by Crippen LogP contribution is 2.26. The zero-order valence-electron chi connectivity index (χ0n) is 24.5. The molecular formula is C31H40N4O8. The molecule has 2 N–H and O–H groups in total. The van der Waals surface area contributed by atoms with Crippen molar-refractivity contribution in [3.05, 3.63) is 48.2 Å². The van der Waals surface area contributed by atoms with Gasteiger partial charge in [-0.3, -0.25) is 14.4 Å². The lowest BCUT2D eigenvalue weighted by Gasteiger charge is -2.36. The fourth-order valence-electron chi connectivity index (χ4n) is 4.92. The molecule has 43 heavy (non-hydrogen) atoms. The first-order valence-corrected chi connectivity index (χ1v) is 14.9. The second-order valence-electron chi connectivity index (χ2n) is 10.6. The minimum atomic E-state index is -1.09. The van der Waals surface area contributed by atoms with Crippen LogP contribution in [-0.2, 0) is 19.1 Å². The van der Waals surface area contributed by atoms with Crippen LogP contribution in [0.15, 0.2) is 42.5 Å². The lowest BCUT2D eigenvalue weighted by Crippen LogP contribution is -2.56. The summed E-state index contributed by atoms with van der Waals surface area (Å²) in [5, 5.41) is 12.0. The molecule has 1 aromatic carbocycles. The molecular weight excluding hydrogens is 556 g/mol. The number of piperazine rings is 1. The summed E-state index contributed by atoms with van der Waals surface area (Å²) < 4.78 is 16.9. The molecule has 12 nitrogen and oxygen atoms in total. The highest BCUT2D eigenvalue weighted by atomic mass is 16.6. The van der Waals surface area contributed by atoms with Crippen LogP contribution in [0.5, 0.6) is 5.75 Å². The number of carbonyl (C=O) groups excluding carboxylic acids is 3. The van der Waals surface area contributed by atoms with Crippen LogP contribution in [0.3, 0.4) is 0 Å². The van der Waals surface area contributed by atoms with E-state index in [9.17, 15) is 24.3 Å². The number of rotatable bonds is 12. The third kappa shape index (κ3) is 9.40. The molecule has 4 rings (SSSR count). The number of benzene rings is 1. The van der Waals surface area contributed by atoms with E-state index in [4.69, 9.17) is 14.2 Å². The van der Waals surface area contributed by atoms with Gasteiger partial charge in [0.2, 0.25) is 5.91 Å². The molecule has 3 heterocycles. The highest BCUT2D eigenvalue weighted by molar-refractivity contribution is 5.97. The lowest BCUT2D eigenvalue weighted by molar-refractivity contribution is -0.138. The molecule has 0 unspecified atom stereocenters. The molecule has 0 radical (unpaired) electrons. The van der Waals surface area contributed by atoms with Crippen LogP contribution in [0.25, 0.3) is 11.3 Å². The summed E-state index contributed by atoms with van der Waals surface area (Å²) in [6.45, 7) is 4.59. The Kier molecular flexibility index (Phi) is 11.7. The maximum absolute atomic E-state index is 13.5. The summed E-state index contributed by atoms with van der Waals surface area (Å²) in [6.07, 6.45) is 2.25. The Bertz CT molecular complexity index is 1240. The maximum atomic E-state index is 13.5. The molecule has 232 valence electrons. The van der Waals surface area contributed by atoms with Crippen molar-refractivity contribution in [3.8, 4) is 17.0 Å². The SMILES string of the molecule is CCCCOC(=O)N1CCN(C(=O)[C@H](CCC(=O)O)NC(=O)c2cc(OC3CCOCC3)cc(-c3ccccc3)n2)CC1. The van der Waals surface area contributed by atoms with Gasteiger partial charge in [-0.2, -0.15) is 0 Å². The first kappa shape index (κ1) is 31.7. The molecule has 3 amide bonds. The van der Waals surface area contributed by atoms with E-state index in [0.717, 1.165) is 31.2 Å². The van der Waals surface area contributed by atoms with Crippen LogP contribution < -0.4 is 10.1 Å². The van der Waals surface area contributed by atoms with E-state index >= 15 is 0 Å². The van der Waals surface area contributed by atoms with E-state index in [1.54, 1.807) is 17.0 Å². The third-order valence-corrected chi connectivity index (χ3v) is 7.40. The Morgan fingerprint density at radius 3 is 2.42 bits per heavy atom. The van der Waals surface area contributed by atoms with Crippen molar-refractivity contribution >= 4 is 23.9 Å². The van der Waals surface area contributed by atoms with Crippen LogP contribution in [0.2, 0.25) is 0 Å². The Morgan fingerprint density at radius 1 is 1.05 bits per heavy atom. The van der Waals surface area contributed by atoms with Crippen molar-refractivity contribution in [2.45, 2.75) is 57.6 Å². The first-order valence-electron chi connectivity index (χ1n) is 14.9. The van der Waals surface area contributed by atoms with Crippen LogP contribution in [0.4, 0.5) is 4.79 Å². The highest BCUT2D eigenvalue weighted by Gasteiger charge is 2.31. The van der Waals surface area contributed by atoms with E-state index in [1.807, 2.05) is 37.3 Å². The van der Waals surface area contributed by atoms with Crippen molar-refractivity contribution < 1.29 is 38.5 Å². The standard InChI is InChI=1S/C31H40N4O8/c1-2-3-17-42-31(40)35-15-13-34(14-16-35)30(39)25(9-10-28(36)37)33-29(38)27-21-24(43-23-11-18-41-19-12-23)20-26(32-27)22-7-5-4-6-8-22/h4-8,20-21,23,25H,2-3,9-19H2,1H3,(H,33,38)(H,36,37)/t25-/m0/s1. The van der Waals surface area contributed by atoms with E-state index in [1.165, 1.54) is 4.90 Å². The van der Waals surface area contributed by atoms with Gasteiger partial charge in [0.15, 0.2) is 0 Å². The Labute approximate surface area is 251 Å². The third-order valence-electron chi connectivity index (χ3n) is 7.40. The fraction of sp³-hybridized carbons (Fsp3) is 0.516. The number of hydrogen-bond donors (Lipinski definition) is 2. The van der Waals surface area contributed by atoms with Crippen molar-refractivity contribution in [2.75, 3.05) is 46.0 Å². The molecule has 2 aliphatic rings. The number of aromatic nitrogens is 1. The van der Waals surface area contributed by atoms with Gasteiger partial charge < -0.3 is 34.4 Å². The molecule has 1 aromatic heterocycles. The number of nitrogens with one attached hydrogen (secondary N) is 1. The second-order valence-corrected chi connectivity index (χ2v) is 10.6. The quantitative estimate of drug-likeness (QED) is 0.352. The molecule has 2 aromatic rings. The van der Waals surface area contributed by atoms with E-state index in [0.29, 0.717) is 31.3 Å². The number of carboxylic acids is 1. The van der Waals surface area contributed by atoms with Crippen LogP contribution in [0.1, 0.15) is 55.9 Å². The summed E-state index contributed by atoms with van der Waals surface area (Å²) in [4.78, 5) is 58.4. The predicted molar refractivity (Wildman–Crippen MR) is 157 cm³/mol. The number of aliphatic carboxylic acids is 1. The Hall–Kier alpha value is -4.19. The van der Waals surface area contributed by atoms with Gasteiger partial charge in [0.25, 0.3) is 5.91 Å². The largest absolute Gasteiger partial charge is 0.490 e. The Balaban J connectivity index is 1.48. The number of nitrogens with zero attached hydrogens (tertiary/aromatic N) is 3.